The Kier molecular flexibility index (Phi) is 10.9. The predicted octanol–water partition coefficient (Wildman–Crippen LogP) is 5.53. The highest BCUT2D eigenvalue weighted by Gasteiger charge is 2.66. The fourth-order valence-electron chi connectivity index (χ4n) is 8.26. The first-order valence-corrected chi connectivity index (χ1v) is 21.4. The van der Waals surface area contributed by atoms with Crippen LogP contribution >= 0.6 is 15.9 Å². The van der Waals surface area contributed by atoms with Crippen molar-refractivity contribution < 1.29 is 34.1 Å². The summed E-state index contributed by atoms with van der Waals surface area (Å²) >= 11 is 3.60. The van der Waals surface area contributed by atoms with Crippen molar-refractivity contribution in [2.45, 2.75) is 82.5 Å². The van der Waals surface area contributed by atoms with E-state index in [1.54, 1.807) is 9.80 Å². The summed E-state index contributed by atoms with van der Waals surface area (Å²) in [6.45, 7) is 9.17. The van der Waals surface area contributed by atoms with Gasteiger partial charge in [-0.2, -0.15) is 0 Å². The van der Waals surface area contributed by atoms with E-state index in [9.17, 15) is 24.6 Å². The van der Waals surface area contributed by atoms with Crippen LogP contribution < -0.4 is 19.9 Å². The highest BCUT2D eigenvalue weighted by atomic mass is 79.9. The van der Waals surface area contributed by atoms with Crippen LogP contribution in [0.1, 0.15) is 49.8 Å². The third-order valence-electron chi connectivity index (χ3n) is 10.4. The first kappa shape index (κ1) is 36.7. The summed E-state index contributed by atoms with van der Waals surface area (Å²) in [6, 6.07) is 18.9. The van der Waals surface area contributed by atoms with Gasteiger partial charge in [0.25, 0.3) is 5.91 Å². The second-order valence-electron chi connectivity index (χ2n) is 14.1. The van der Waals surface area contributed by atoms with Crippen molar-refractivity contribution in [3.05, 3.63) is 81.8 Å². The van der Waals surface area contributed by atoms with Gasteiger partial charge < -0.3 is 34.7 Å². The lowest BCUT2D eigenvalue weighted by atomic mass is 9.82. The maximum atomic E-state index is 14.6. The zero-order chi connectivity index (χ0) is 35.8. The van der Waals surface area contributed by atoms with Crippen LogP contribution in [0.5, 0.6) is 5.75 Å². The molecular weight excluding hydrogens is 718 g/mol. The Morgan fingerprint density at radius 3 is 2.44 bits per heavy atom. The monoisotopic (exact) mass is 765 g/mol. The van der Waals surface area contributed by atoms with Crippen LogP contribution in [0.15, 0.2) is 65.1 Å². The van der Waals surface area contributed by atoms with Gasteiger partial charge >= 0.3 is 0 Å². The normalized spacial score (nSPS) is 24.6. The lowest BCUT2D eigenvalue weighted by molar-refractivity contribution is -0.146. The van der Waals surface area contributed by atoms with Crippen molar-refractivity contribution in [1.29, 1.82) is 0 Å². The van der Waals surface area contributed by atoms with E-state index in [1.807, 2.05) is 87.6 Å². The third-order valence-corrected chi connectivity index (χ3v) is 13.4. The molecule has 12 heteroatoms. The van der Waals surface area contributed by atoms with Gasteiger partial charge in [-0.1, -0.05) is 35.0 Å². The summed E-state index contributed by atoms with van der Waals surface area (Å²) in [4.78, 5) is 43.5. The first-order chi connectivity index (χ1) is 23.9. The third kappa shape index (κ3) is 6.67. The molecule has 1 unspecified atom stereocenters. The largest absolute Gasteiger partial charge is 0.494 e. The molecule has 3 aliphatic rings. The van der Waals surface area contributed by atoms with Gasteiger partial charge in [0.05, 0.1) is 36.7 Å². The highest BCUT2D eigenvalue weighted by Crippen LogP contribution is 2.60. The van der Waals surface area contributed by atoms with E-state index >= 15 is 0 Å². The van der Waals surface area contributed by atoms with Gasteiger partial charge in [-0.05, 0) is 112 Å². The molecule has 3 aliphatic heterocycles. The maximum absolute atomic E-state index is 14.6. The number of fused-ring (bicyclic) bond motifs is 3. The molecule has 4 N–H and O–H groups in total. The van der Waals surface area contributed by atoms with Crippen LogP contribution in [0.2, 0.25) is 18.6 Å². The van der Waals surface area contributed by atoms with Crippen LogP contribution in [0.4, 0.5) is 17.1 Å². The maximum Gasteiger partial charge on any atom is 0.264 e. The number of carbonyl (C=O) groups excluding carboxylic acids is 2. The molecule has 1 saturated heterocycles. The average Bonchev–Trinajstić information content (AvgIpc) is 3.50. The molecule has 50 heavy (non-hydrogen) atoms. The molecule has 1 fully saturated rings. The molecule has 5 atom stereocenters. The molecular formula is C38H48BrN3O7Si. The standard InChI is InChI=1S/C38H48BrN3O7Si/c1-5-48-29-13-15-32-26(20-29)21-31(40-17-6-7-18-43)36(45)42(32)28-11-8-25(9-12-28)23-41-33-14-10-27(39)22-30(33)38(37(41)46)24(2)35(50(3,4)47)34(49-38)16-19-44/h8-15,20,22,24,31,34-35,40,43-44,47H,5-7,16-19,21,23H2,1-4H3/t24-,31?,34+,35-,38+/m0/s1. The Balaban J connectivity index is 1.30. The fraction of sp³-hybridized carbons (Fsp3) is 0.474. The minimum atomic E-state index is -2.79. The van der Waals surface area contributed by atoms with Crippen molar-refractivity contribution >= 4 is 53.1 Å². The molecule has 3 heterocycles. The topological polar surface area (TPSA) is 132 Å². The average molecular weight is 767 g/mol. The van der Waals surface area contributed by atoms with E-state index in [2.05, 4.69) is 21.2 Å². The van der Waals surface area contributed by atoms with Crippen LogP contribution in [-0.2, 0) is 32.9 Å². The Labute approximate surface area is 303 Å². The van der Waals surface area contributed by atoms with Crippen molar-refractivity contribution in [2.75, 3.05) is 36.2 Å². The first-order valence-electron chi connectivity index (χ1n) is 17.6. The number of unbranched alkanes of at least 4 members (excludes halogenated alkanes) is 1. The van der Waals surface area contributed by atoms with E-state index in [1.165, 1.54) is 0 Å². The zero-order valence-electron chi connectivity index (χ0n) is 29.2. The molecule has 3 aromatic rings. The smallest absolute Gasteiger partial charge is 0.264 e. The van der Waals surface area contributed by atoms with Gasteiger partial charge in [-0.15, -0.1) is 0 Å². The van der Waals surface area contributed by atoms with E-state index in [0.29, 0.717) is 32.4 Å². The van der Waals surface area contributed by atoms with Crippen LogP contribution in [0.25, 0.3) is 0 Å². The summed E-state index contributed by atoms with van der Waals surface area (Å²) in [6.07, 6.45) is 1.87. The van der Waals surface area contributed by atoms with Crippen LogP contribution in [-0.4, -0.2) is 73.7 Å². The summed E-state index contributed by atoms with van der Waals surface area (Å²) < 4.78 is 13.3. The van der Waals surface area contributed by atoms with E-state index in [0.717, 1.165) is 50.4 Å². The Morgan fingerprint density at radius 1 is 1.02 bits per heavy atom. The Morgan fingerprint density at radius 2 is 1.76 bits per heavy atom. The Bertz CT molecular complexity index is 1720. The van der Waals surface area contributed by atoms with Gasteiger partial charge in [0.15, 0.2) is 13.9 Å². The molecule has 0 aliphatic carbocycles. The lowest BCUT2D eigenvalue weighted by Crippen LogP contribution is -2.49. The van der Waals surface area contributed by atoms with E-state index < -0.39 is 26.1 Å². The van der Waals surface area contributed by atoms with Crippen molar-refractivity contribution in [1.82, 2.24) is 5.32 Å². The van der Waals surface area contributed by atoms with Gasteiger partial charge in [0.2, 0.25) is 5.91 Å². The van der Waals surface area contributed by atoms with Gasteiger partial charge in [-0.3, -0.25) is 14.5 Å². The van der Waals surface area contributed by atoms with Crippen LogP contribution in [0, 0.1) is 5.92 Å². The molecule has 268 valence electrons. The summed E-state index contributed by atoms with van der Waals surface area (Å²) in [7, 11) is -2.79. The summed E-state index contributed by atoms with van der Waals surface area (Å²) in [5.74, 6) is 0.225. The van der Waals surface area contributed by atoms with Crippen molar-refractivity contribution in [3.63, 3.8) is 0 Å². The molecule has 0 radical (unpaired) electrons. The number of carbonyl (C=O) groups is 2. The van der Waals surface area contributed by atoms with Crippen molar-refractivity contribution in [3.8, 4) is 5.75 Å². The second-order valence-corrected chi connectivity index (χ2v) is 19.0. The molecule has 6 rings (SSSR count). The number of halogens is 1. The quantitative estimate of drug-likeness (QED) is 0.132. The number of anilines is 3. The fourth-order valence-corrected chi connectivity index (χ4v) is 11.2. The zero-order valence-corrected chi connectivity index (χ0v) is 31.8. The number of benzene rings is 3. The molecule has 0 aromatic heterocycles. The summed E-state index contributed by atoms with van der Waals surface area (Å²) in [5.41, 5.74) is 3.43. The van der Waals surface area contributed by atoms with Crippen LogP contribution in [0.3, 0.4) is 0 Å². The van der Waals surface area contributed by atoms with Gasteiger partial charge in [0, 0.05) is 40.4 Å². The molecule has 10 nitrogen and oxygen atoms in total. The van der Waals surface area contributed by atoms with Crippen molar-refractivity contribution in [2.24, 2.45) is 5.92 Å². The number of nitrogens with one attached hydrogen (secondary N) is 1. The number of nitrogens with zero attached hydrogens (tertiary/aromatic N) is 2. The number of aliphatic hydroxyl groups excluding tert-OH is 2. The number of rotatable bonds is 13. The van der Waals surface area contributed by atoms with E-state index in [-0.39, 0.29) is 43.0 Å². The van der Waals surface area contributed by atoms with Gasteiger partial charge in [-0.25, -0.2) is 0 Å². The SMILES string of the molecule is CCOc1ccc2c(c1)CC(NCCCCO)C(=O)N2c1ccc(CN2C(=O)[C@]3(O[C@H](CCO)[C@@H]([Si](C)(C)O)[C@@H]3C)c3cc(Br)ccc32)cc1. The summed E-state index contributed by atoms with van der Waals surface area (Å²) in [5, 5.41) is 22.5. The Hall–Kier alpha value is -3.10. The molecule has 1 spiro atoms. The number of aliphatic hydroxyl groups is 2. The molecule has 0 bridgehead atoms. The lowest BCUT2D eigenvalue weighted by Gasteiger charge is -2.35. The predicted molar refractivity (Wildman–Crippen MR) is 199 cm³/mol. The van der Waals surface area contributed by atoms with Gasteiger partial charge in [0.1, 0.15) is 5.75 Å². The number of ether oxygens (including phenoxy) is 2. The number of hydrogen-bond donors (Lipinski definition) is 4. The minimum absolute atomic E-state index is 0.0516. The minimum Gasteiger partial charge on any atom is -0.494 e. The van der Waals surface area contributed by atoms with E-state index in [4.69, 9.17) is 9.47 Å². The second kappa shape index (κ2) is 14.9. The molecule has 2 amide bonds. The number of hydrogen-bond acceptors (Lipinski definition) is 8. The highest BCUT2D eigenvalue weighted by molar-refractivity contribution is 9.10. The molecule has 0 saturated carbocycles. The number of amides is 2. The molecule has 3 aromatic carbocycles.